The van der Waals surface area contributed by atoms with Crippen LogP contribution in [0.25, 0.3) is 0 Å². The van der Waals surface area contributed by atoms with Crippen LogP contribution in [0.2, 0.25) is 0 Å². The van der Waals surface area contributed by atoms with Gasteiger partial charge in [-0.1, -0.05) is 12.2 Å². The molecule has 0 heterocycles. The summed E-state index contributed by atoms with van der Waals surface area (Å²) in [6, 6.07) is 0. The number of rotatable bonds is 2. The zero-order chi connectivity index (χ0) is 5.70. The second-order valence-corrected chi connectivity index (χ2v) is 1.14. The van der Waals surface area contributed by atoms with E-state index in [1.807, 2.05) is 0 Å². The van der Waals surface area contributed by atoms with Gasteiger partial charge in [-0.15, -0.1) is 0 Å². The Hall–Kier alpha value is -0.480. The molecule has 0 aromatic carbocycles. The molecule has 0 radical (unpaired) electrons. The highest BCUT2D eigenvalue weighted by molar-refractivity contribution is 7.78. The lowest BCUT2D eigenvalue weighted by molar-refractivity contribution is 1.28. The van der Waals surface area contributed by atoms with E-state index in [-0.39, 0.29) is 6.54 Å². The highest BCUT2D eigenvalue weighted by Gasteiger charge is 1.77. The van der Waals surface area contributed by atoms with Gasteiger partial charge in [-0.05, 0) is 0 Å². The number of hydrogen-bond donors (Lipinski definition) is 2. The van der Waals surface area contributed by atoms with Gasteiger partial charge in [0, 0.05) is 0 Å². The van der Waals surface area contributed by atoms with Gasteiger partial charge in [0.2, 0.25) is 0 Å². The van der Waals surface area contributed by atoms with Gasteiger partial charge in [-0.2, -0.15) is 0 Å². The smallest absolute Gasteiger partial charge is 0.114 e. The fourth-order valence-electron chi connectivity index (χ4n) is 0.120. The number of nitrogens with two attached hydrogens (primary N) is 2. The summed E-state index contributed by atoms with van der Waals surface area (Å²) in [6.07, 6.45) is 0. The minimum absolute atomic E-state index is 0.271. The van der Waals surface area contributed by atoms with Crippen LogP contribution in [0.4, 0.5) is 0 Å². The van der Waals surface area contributed by atoms with E-state index >= 15 is 0 Å². The van der Waals surface area contributed by atoms with Crippen LogP contribution < -0.4 is 11.5 Å². The van der Waals surface area contributed by atoms with Crippen molar-refractivity contribution in [3.8, 4) is 0 Å². The average molecular weight is 117 g/mol. The predicted molar refractivity (Wildman–Crippen MR) is 34.3 cm³/mol. The zero-order valence-electron chi connectivity index (χ0n) is 3.79. The average Bonchev–Trinajstić information content (AvgIpc) is 1.68. The summed E-state index contributed by atoms with van der Waals surface area (Å²) >= 11 is 4.35. The molecule has 4 N–H and O–H groups in total. The maximum Gasteiger partial charge on any atom is 0.114 e. The van der Waals surface area contributed by atoms with Gasteiger partial charge in [-0.25, -0.2) is 4.99 Å². The van der Waals surface area contributed by atoms with Gasteiger partial charge >= 0.3 is 0 Å². The van der Waals surface area contributed by atoms with Crippen molar-refractivity contribution < 1.29 is 0 Å². The van der Waals surface area contributed by atoms with Crippen molar-refractivity contribution in [2.45, 2.75) is 0 Å². The molecule has 0 saturated carbocycles. The second-order valence-electron chi connectivity index (χ2n) is 0.930. The Kier molecular flexibility index (Phi) is 3.45. The summed E-state index contributed by atoms with van der Waals surface area (Å²) in [4.78, 5) is 3.50. The van der Waals surface area contributed by atoms with E-state index in [0.29, 0.717) is 5.84 Å². The minimum Gasteiger partial charge on any atom is -0.386 e. The van der Waals surface area contributed by atoms with Crippen molar-refractivity contribution in [1.29, 1.82) is 0 Å². The first kappa shape index (κ1) is 6.52. The van der Waals surface area contributed by atoms with Gasteiger partial charge in [0.05, 0.1) is 12.0 Å². The molecule has 7 heavy (non-hydrogen) atoms. The molecule has 3 nitrogen and oxygen atoms in total. The number of hydrogen-bond acceptors (Lipinski definition) is 2. The predicted octanol–water partition coefficient (Wildman–Crippen LogP) is -0.740. The quantitative estimate of drug-likeness (QED) is 0.284. The lowest BCUT2D eigenvalue weighted by Gasteiger charge is -1.85. The van der Waals surface area contributed by atoms with E-state index in [2.05, 4.69) is 17.2 Å². The van der Waals surface area contributed by atoms with E-state index in [0.717, 1.165) is 0 Å². The van der Waals surface area contributed by atoms with Gasteiger partial charge in [0.1, 0.15) is 5.84 Å². The van der Waals surface area contributed by atoms with Crippen LogP contribution >= 0.6 is 12.2 Å². The summed E-state index contributed by atoms with van der Waals surface area (Å²) in [6.45, 7) is 0.271. The molecular formula is C3H7N3S. The van der Waals surface area contributed by atoms with E-state index in [9.17, 15) is 0 Å². The molecule has 0 aromatic rings. The second kappa shape index (κ2) is 3.70. The van der Waals surface area contributed by atoms with Crippen molar-refractivity contribution in [3.05, 3.63) is 0 Å². The van der Waals surface area contributed by atoms with Crippen LogP contribution in [0.1, 0.15) is 0 Å². The number of aliphatic imine (C=N–C) groups is 1. The topological polar surface area (TPSA) is 64.4 Å². The Morgan fingerprint density at radius 2 is 2.43 bits per heavy atom. The van der Waals surface area contributed by atoms with Crippen LogP contribution in [0.5, 0.6) is 0 Å². The van der Waals surface area contributed by atoms with Gasteiger partial charge < -0.3 is 11.5 Å². The van der Waals surface area contributed by atoms with E-state index < -0.39 is 0 Å². The molecule has 0 aliphatic heterocycles. The van der Waals surface area contributed by atoms with Crippen molar-refractivity contribution in [3.63, 3.8) is 0 Å². The lowest BCUT2D eigenvalue weighted by Crippen LogP contribution is -2.22. The Morgan fingerprint density at radius 1 is 1.86 bits per heavy atom. The molecule has 0 aliphatic rings. The molecule has 4 heteroatoms. The third-order valence-electron chi connectivity index (χ3n) is 0.428. The van der Waals surface area contributed by atoms with Gasteiger partial charge in [0.15, 0.2) is 0 Å². The number of nitrogens with zero attached hydrogens (tertiary/aromatic N) is 1. The first-order valence-electron chi connectivity index (χ1n) is 1.77. The molecule has 0 amide bonds. The standard InChI is InChI=1S/C3H7N3S/c4-1-3(5)6-2-7/h2H,1,4H2,(H2,5,6,7). The molecule has 0 rings (SSSR count). The highest BCUT2D eigenvalue weighted by atomic mass is 32.1. The molecule has 0 atom stereocenters. The molecule has 0 aromatic heterocycles. The largest absolute Gasteiger partial charge is 0.386 e. The summed E-state index contributed by atoms with van der Waals surface area (Å²) in [7, 11) is 0. The van der Waals surface area contributed by atoms with Gasteiger partial charge in [0.25, 0.3) is 0 Å². The third-order valence-corrected chi connectivity index (χ3v) is 0.533. The molecule has 0 spiro atoms. The van der Waals surface area contributed by atoms with E-state index in [1.165, 1.54) is 5.49 Å². The van der Waals surface area contributed by atoms with Crippen molar-refractivity contribution in [2.75, 3.05) is 6.54 Å². The van der Waals surface area contributed by atoms with Crippen LogP contribution in [0.15, 0.2) is 4.99 Å². The van der Waals surface area contributed by atoms with Crippen LogP contribution in [0.3, 0.4) is 0 Å². The van der Waals surface area contributed by atoms with Crippen molar-refractivity contribution in [2.24, 2.45) is 16.5 Å². The number of amidine groups is 1. The van der Waals surface area contributed by atoms with E-state index in [1.54, 1.807) is 0 Å². The van der Waals surface area contributed by atoms with Crippen molar-refractivity contribution >= 4 is 23.5 Å². The fraction of sp³-hybridized carbons (Fsp3) is 0.333. The number of thiocarbonyl (C=S) groups is 1. The fourth-order valence-corrected chi connectivity index (χ4v) is 0.256. The first-order valence-corrected chi connectivity index (χ1v) is 2.24. The van der Waals surface area contributed by atoms with Crippen molar-refractivity contribution in [1.82, 2.24) is 0 Å². The Bertz CT molecular complexity index is 88.2. The molecule has 0 aliphatic carbocycles. The van der Waals surface area contributed by atoms with Crippen LogP contribution in [-0.4, -0.2) is 17.9 Å². The Labute approximate surface area is 47.4 Å². The minimum atomic E-state index is 0.271. The molecule has 0 bridgehead atoms. The highest BCUT2D eigenvalue weighted by Crippen LogP contribution is 1.59. The molecule has 0 saturated heterocycles. The first-order chi connectivity index (χ1) is 3.31. The maximum absolute atomic E-state index is 5.11. The summed E-state index contributed by atoms with van der Waals surface area (Å²) in [5.41, 5.74) is 11.3. The van der Waals surface area contributed by atoms with Crippen LogP contribution in [-0.2, 0) is 0 Å². The molecule has 0 unspecified atom stereocenters. The molecule has 0 fully saturated rings. The molecular weight excluding hydrogens is 110 g/mol. The Morgan fingerprint density at radius 3 is 2.57 bits per heavy atom. The summed E-state index contributed by atoms with van der Waals surface area (Å²) in [5.74, 6) is 0.370. The maximum atomic E-state index is 5.11. The monoisotopic (exact) mass is 117 g/mol. The summed E-state index contributed by atoms with van der Waals surface area (Å²) < 4.78 is 0. The lowest BCUT2D eigenvalue weighted by atomic mass is 10.6. The van der Waals surface area contributed by atoms with Gasteiger partial charge in [-0.3, -0.25) is 0 Å². The van der Waals surface area contributed by atoms with E-state index in [4.69, 9.17) is 11.5 Å². The normalized spacial score (nSPS) is 11.3. The Balaban J connectivity index is 3.49. The SMILES string of the molecule is NCC(N)=NC=S. The summed E-state index contributed by atoms with van der Waals surface area (Å²) in [5, 5.41) is 0. The van der Waals surface area contributed by atoms with Crippen LogP contribution in [0, 0.1) is 0 Å². The third kappa shape index (κ3) is 3.35. The zero-order valence-corrected chi connectivity index (χ0v) is 4.61. The molecule has 40 valence electrons.